The molecule has 1 aromatic heterocycles. The first-order valence-electron chi connectivity index (χ1n) is 9.26. The van der Waals surface area contributed by atoms with E-state index in [2.05, 4.69) is 5.10 Å². The molecule has 0 aliphatic carbocycles. The SMILES string of the molecule is COCCOc1ccc(C(=O)/C=C/c2c(C)nn(-c3ccc(F)cc3)c2C)cc1. The van der Waals surface area contributed by atoms with Crippen LogP contribution in [0.5, 0.6) is 5.75 Å². The molecule has 0 amide bonds. The van der Waals surface area contributed by atoms with E-state index in [9.17, 15) is 9.18 Å². The van der Waals surface area contributed by atoms with Crippen LogP contribution in [0.2, 0.25) is 0 Å². The van der Waals surface area contributed by atoms with Crippen molar-refractivity contribution in [1.29, 1.82) is 0 Å². The second kappa shape index (κ2) is 9.30. The van der Waals surface area contributed by atoms with E-state index >= 15 is 0 Å². The summed E-state index contributed by atoms with van der Waals surface area (Å²) < 4.78 is 25.4. The average molecular weight is 394 g/mol. The van der Waals surface area contributed by atoms with E-state index in [-0.39, 0.29) is 11.6 Å². The Hall–Kier alpha value is -3.25. The molecule has 3 rings (SSSR count). The Bertz CT molecular complexity index is 1010. The fourth-order valence-corrected chi connectivity index (χ4v) is 2.94. The van der Waals surface area contributed by atoms with E-state index in [0.717, 1.165) is 22.6 Å². The highest BCUT2D eigenvalue weighted by Gasteiger charge is 2.11. The second-order valence-electron chi connectivity index (χ2n) is 6.54. The minimum absolute atomic E-state index is 0.109. The third kappa shape index (κ3) is 4.97. The van der Waals surface area contributed by atoms with Crippen LogP contribution in [0.1, 0.15) is 27.3 Å². The van der Waals surface area contributed by atoms with Gasteiger partial charge in [0.1, 0.15) is 18.2 Å². The highest BCUT2D eigenvalue weighted by atomic mass is 19.1. The lowest BCUT2D eigenvalue weighted by molar-refractivity contribution is 0.104. The molecule has 0 bridgehead atoms. The summed E-state index contributed by atoms with van der Waals surface area (Å²) >= 11 is 0. The standard InChI is InChI=1S/C23H23FN2O3/c1-16-22(17(2)26(25-16)20-8-6-19(24)7-9-20)12-13-23(27)18-4-10-21(11-5-18)29-15-14-28-3/h4-13H,14-15H2,1-3H3/b13-12+. The van der Waals surface area contributed by atoms with Gasteiger partial charge in [-0.3, -0.25) is 4.79 Å². The quantitative estimate of drug-likeness (QED) is 0.320. The van der Waals surface area contributed by atoms with E-state index in [0.29, 0.717) is 24.5 Å². The second-order valence-corrected chi connectivity index (χ2v) is 6.54. The van der Waals surface area contributed by atoms with Crippen molar-refractivity contribution in [2.75, 3.05) is 20.3 Å². The van der Waals surface area contributed by atoms with E-state index < -0.39 is 0 Å². The summed E-state index contributed by atoms with van der Waals surface area (Å²) in [6.07, 6.45) is 3.30. The molecular weight excluding hydrogens is 371 g/mol. The molecule has 0 saturated carbocycles. The Morgan fingerprint density at radius 2 is 1.76 bits per heavy atom. The lowest BCUT2D eigenvalue weighted by atomic mass is 10.1. The van der Waals surface area contributed by atoms with Crippen LogP contribution in [0.4, 0.5) is 4.39 Å². The topological polar surface area (TPSA) is 53.4 Å². The average Bonchev–Trinajstić information content (AvgIpc) is 3.01. The molecule has 3 aromatic rings. The van der Waals surface area contributed by atoms with Crippen molar-refractivity contribution in [1.82, 2.24) is 9.78 Å². The van der Waals surface area contributed by atoms with Crippen molar-refractivity contribution in [3.63, 3.8) is 0 Å². The minimum Gasteiger partial charge on any atom is -0.491 e. The van der Waals surface area contributed by atoms with Crippen LogP contribution in [0.3, 0.4) is 0 Å². The number of hydrogen-bond acceptors (Lipinski definition) is 4. The lowest BCUT2D eigenvalue weighted by Gasteiger charge is -2.05. The first-order valence-corrected chi connectivity index (χ1v) is 9.26. The van der Waals surface area contributed by atoms with Crippen molar-refractivity contribution in [2.24, 2.45) is 0 Å². The fraction of sp³-hybridized carbons (Fsp3) is 0.217. The summed E-state index contributed by atoms with van der Waals surface area (Å²) in [5, 5.41) is 4.51. The number of benzene rings is 2. The normalized spacial score (nSPS) is 11.2. The molecule has 0 spiro atoms. The monoisotopic (exact) mass is 394 g/mol. The number of methoxy groups -OCH3 is 1. The molecule has 1 heterocycles. The predicted molar refractivity (Wildman–Crippen MR) is 110 cm³/mol. The molecule has 0 aliphatic heterocycles. The smallest absolute Gasteiger partial charge is 0.185 e. The van der Waals surface area contributed by atoms with Crippen molar-refractivity contribution < 1.29 is 18.7 Å². The van der Waals surface area contributed by atoms with Gasteiger partial charge in [0.15, 0.2) is 5.78 Å². The number of rotatable bonds is 8. The lowest BCUT2D eigenvalue weighted by Crippen LogP contribution is -2.04. The number of aromatic nitrogens is 2. The van der Waals surface area contributed by atoms with Crippen LogP contribution in [0.25, 0.3) is 11.8 Å². The van der Waals surface area contributed by atoms with E-state index in [1.807, 2.05) is 13.8 Å². The zero-order valence-electron chi connectivity index (χ0n) is 16.7. The number of allylic oxidation sites excluding steroid dienone is 1. The van der Waals surface area contributed by atoms with Crippen LogP contribution >= 0.6 is 0 Å². The van der Waals surface area contributed by atoms with E-state index in [1.165, 1.54) is 18.2 Å². The van der Waals surface area contributed by atoms with Gasteiger partial charge in [-0.05, 0) is 74.5 Å². The first kappa shape index (κ1) is 20.5. The molecule has 0 aliphatic rings. The molecule has 2 aromatic carbocycles. The van der Waals surface area contributed by atoms with Crippen LogP contribution < -0.4 is 4.74 Å². The van der Waals surface area contributed by atoms with Gasteiger partial charge in [0.25, 0.3) is 0 Å². The number of ether oxygens (including phenoxy) is 2. The molecule has 6 heteroatoms. The predicted octanol–water partition coefficient (Wildman–Crippen LogP) is 4.55. The maximum absolute atomic E-state index is 13.2. The maximum atomic E-state index is 13.2. The van der Waals surface area contributed by atoms with E-state index in [1.54, 1.807) is 54.3 Å². The molecule has 0 unspecified atom stereocenters. The van der Waals surface area contributed by atoms with Gasteiger partial charge in [0.2, 0.25) is 0 Å². The van der Waals surface area contributed by atoms with Crippen LogP contribution in [-0.4, -0.2) is 35.9 Å². The summed E-state index contributed by atoms with van der Waals surface area (Å²) in [7, 11) is 1.62. The van der Waals surface area contributed by atoms with Gasteiger partial charge in [-0.1, -0.05) is 0 Å². The minimum atomic E-state index is -0.295. The number of aryl methyl sites for hydroxylation is 1. The highest BCUT2D eigenvalue weighted by molar-refractivity contribution is 6.07. The Balaban J connectivity index is 1.74. The maximum Gasteiger partial charge on any atom is 0.185 e. The summed E-state index contributed by atoms with van der Waals surface area (Å²) in [6, 6.07) is 13.1. The summed E-state index contributed by atoms with van der Waals surface area (Å²) in [5.41, 5.74) is 3.86. The Morgan fingerprint density at radius 3 is 2.41 bits per heavy atom. The molecule has 0 atom stereocenters. The summed E-state index contributed by atoms with van der Waals surface area (Å²) in [6.45, 7) is 4.76. The van der Waals surface area contributed by atoms with Crippen molar-refractivity contribution in [3.05, 3.63) is 82.9 Å². The van der Waals surface area contributed by atoms with E-state index in [4.69, 9.17) is 9.47 Å². The number of halogens is 1. The van der Waals surface area contributed by atoms with Crippen molar-refractivity contribution in [2.45, 2.75) is 13.8 Å². The number of carbonyl (C=O) groups is 1. The Labute approximate surface area is 169 Å². The highest BCUT2D eigenvalue weighted by Crippen LogP contribution is 2.20. The summed E-state index contributed by atoms with van der Waals surface area (Å²) in [5.74, 6) is 0.285. The van der Waals surface area contributed by atoms with Gasteiger partial charge < -0.3 is 9.47 Å². The van der Waals surface area contributed by atoms with Crippen molar-refractivity contribution in [3.8, 4) is 11.4 Å². The fourth-order valence-electron chi connectivity index (χ4n) is 2.94. The van der Waals surface area contributed by atoms with Crippen LogP contribution in [0, 0.1) is 19.7 Å². The number of carbonyl (C=O) groups excluding carboxylic acids is 1. The Morgan fingerprint density at radius 1 is 1.07 bits per heavy atom. The third-order valence-corrected chi connectivity index (χ3v) is 4.51. The molecule has 0 radical (unpaired) electrons. The van der Waals surface area contributed by atoms with Crippen LogP contribution in [0.15, 0.2) is 54.6 Å². The van der Waals surface area contributed by atoms with Gasteiger partial charge in [0, 0.05) is 23.9 Å². The number of hydrogen-bond donors (Lipinski definition) is 0. The zero-order valence-corrected chi connectivity index (χ0v) is 16.7. The van der Waals surface area contributed by atoms with Crippen LogP contribution in [-0.2, 0) is 4.74 Å². The third-order valence-electron chi connectivity index (χ3n) is 4.51. The summed E-state index contributed by atoms with van der Waals surface area (Å²) in [4.78, 5) is 12.5. The molecule has 5 nitrogen and oxygen atoms in total. The number of ketones is 1. The van der Waals surface area contributed by atoms with Gasteiger partial charge >= 0.3 is 0 Å². The first-order chi connectivity index (χ1) is 14.0. The molecule has 0 fully saturated rings. The van der Waals surface area contributed by atoms with Crippen molar-refractivity contribution >= 4 is 11.9 Å². The molecule has 29 heavy (non-hydrogen) atoms. The molecule has 0 N–H and O–H groups in total. The van der Waals surface area contributed by atoms with Gasteiger partial charge in [-0.25, -0.2) is 9.07 Å². The Kier molecular flexibility index (Phi) is 6.57. The largest absolute Gasteiger partial charge is 0.491 e. The van der Waals surface area contributed by atoms with Gasteiger partial charge in [0.05, 0.1) is 18.0 Å². The van der Waals surface area contributed by atoms with Gasteiger partial charge in [-0.15, -0.1) is 0 Å². The zero-order chi connectivity index (χ0) is 20.8. The van der Waals surface area contributed by atoms with Gasteiger partial charge in [-0.2, -0.15) is 5.10 Å². The number of nitrogens with zero attached hydrogens (tertiary/aromatic N) is 2. The molecule has 150 valence electrons. The molecule has 0 saturated heterocycles. The molecular formula is C23H23FN2O3.